The predicted octanol–water partition coefficient (Wildman–Crippen LogP) is 1.51. The van der Waals surface area contributed by atoms with E-state index in [1.807, 2.05) is 13.0 Å². The molecule has 5 heteroatoms. The van der Waals surface area contributed by atoms with Crippen molar-refractivity contribution in [1.29, 1.82) is 0 Å². The smallest absolute Gasteiger partial charge is 0.251 e. The molecule has 1 fully saturated rings. The Labute approximate surface area is 136 Å². The SMILES string of the molecule is CCc1cc2ccc(CNCCN3CCOCC3)cc2[nH]c1=O. The second-order valence-corrected chi connectivity index (χ2v) is 6.03. The van der Waals surface area contributed by atoms with Gasteiger partial charge in [0.2, 0.25) is 0 Å². The molecule has 0 spiro atoms. The van der Waals surface area contributed by atoms with Crippen LogP contribution in [0.25, 0.3) is 10.9 Å². The third-order valence-electron chi connectivity index (χ3n) is 4.41. The van der Waals surface area contributed by atoms with Crippen LogP contribution in [0, 0.1) is 0 Å². The zero-order chi connectivity index (χ0) is 16.1. The predicted molar refractivity (Wildman–Crippen MR) is 92.9 cm³/mol. The number of aryl methyl sites for hydroxylation is 1. The maximum absolute atomic E-state index is 11.9. The molecule has 1 aromatic heterocycles. The van der Waals surface area contributed by atoms with Gasteiger partial charge in [-0.15, -0.1) is 0 Å². The Morgan fingerprint density at radius 2 is 2.09 bits per heavy atom. The van der Waals surface area contributed by atoms with E-state index in [1.54, 1.807) is 0 Å². The standard InChI is InChI=1S/C18H25N3O2/c1-2-15-12-16-4-3-14(11-17(16)20-18(15)22)13-19-5-6-21-7-9-23-10-8-21/h3-4,11-12,19H,2,5-10,13H2,1H3,(H,20,22). The summed E-state index contributed by atoms with van der Waals surface area (Å²) in [5.41, 5.74) is 2.98. The number of ether oxygens (including phenoxy) is 1. The van der Waals surface area contributed by atoms with E-state index >= 15 is 0 Å². The first kappa shape index (κ1) is 16.2. The van der Waals surface area contributed by atoms with Gasteiger partial charge < -0.3 is 15.0 Å². The number of H-pyrrole nitrogens is 1. The molecule has 2 N–H and O–H groups in total. The highest BCUT2D eigenvalue weighted by Gasteiger charge is 2.09. The molecule has 0 radical (unpaired) electrons. The fraction of sp³-hybridized carbons (Fsp3) is 0.500. The van der Waals surface area contributed by atoms with Gasteiger partial charge >= 0.3 is 0 Å². The zero-order valence-corrected chi connectivity index (χ0v) is 13.7. The number of rotatable bonds is 6. The number of aromatic amines is 1. The minimum atomic E-state index is 0.0254. The highest BCUT2D eigenvalue weighted by molar-refractivity contribution is 5.79. The van der Waals surface area contributed by atoms with Crippen LogP contribution in [0.5, 0.6) is 0 Å². The summed E-state index contributed by atoms with van der Waals surface area (Å²) in [5, 5.41) is 4.57. The summed E-state index contributed by atoms with van der Waals surface area (Å²) in [6.45, 7) is 8.57. The minimum absolute atomic E-state index is 0.0254. The van der Waals surface area contributed by atoms with E-state index in [0.717, 1.165) is 68.8 Å². The molecule has 1 saturated heterocycles. The first-order chi connectivity index (χ1) is 11.3. The molecule has 0 bridgehead atoms. The summed E-state index contributed by atoms with van der Waals surface area (Å²) in [6, 6.07) is 8.27. The molecule has 0 amide bonds. The van der Waals surface area contributed by atoms with Gasteiger partial charge in [-0.1, -0.05) is 19.1 Å². The second-order valence-electron chi connectivity index (χ2n) is 6.03. The first-order valence-corrected chi connectivity index (χ1v) is 8.42. The topological polar surface area (TPSA) is 57.4 Å². The van der Waals surface area contributed by atoms with Gasteiger partial charge in [-0.25, -0.2) is 0 Å². The van der Waals surface area contributed by atoms with Crippen LogP contribution in [0.4, 0.5) is 0 Å². The number of aromatic nitrogens is 1. The summed E-state index contributed by atoms with van der Waals surface area (Å²) in [6.07, 6.45) is 0.760. The van der Waals surface area contributed by atoms with Crippen LogP contribution in [0.3, 0.4) is 0 Å². The second kappa shape index (κ2) is 7.73. The molecule has 0 saturated carbocycles. The third kappa shape index (κ3) is 4.19. The monoisotopic (exact) mass is 315 g/mol. The molecule has 1 aromatic carbocycles. The number of nitrogens with zero attached hydrogens (tertiary/aromatic N) is 1. The lowest BCUT2D eigenvalue weighted by Gasteiger charge is -2.26. The van der Waals surface area contributed by atoms with E-state index < -0.39 is 0 Å². The van der Waals surface area contributed by atoms with E-state index in [4.69, 9.17) is 4.74 Å². The number of nitrogens with one attached hydrogen (secondary N) is 2. The highest BCUT2D eigenvalue weighted by Crippen LogP contribution is 2.13. The van der Waals surface area contributed by atoms with Crippen LogP contribution in [0.15, 0.2) is 29.1 Å². The fourth-order valence-electron chi connectivity index (χ4n) is 2.96. The van der Waals surface area contributed by atoms with Crippen LogP contribution in [0.1, 0.15) is 18.1 Å². The van der Waals surface area contributed by atoms with E-state index in [9.17, 15) is 4.79 Å². The molecule has 0 unspecified atom stereocenters. The molecule has 0 aliphatic carbocycles. The Morgan fingerprint density at radius 1 is 1.26 bits per heavy atom. The van der Waals surface area contributed by atoms with Crippen LogP contribution < -0.4 is 10.9 Å². The lowest BCUT2D eigenvalue weighted by Crippen LogP contribution is -2.40. The van der Waals surface area contributed by atoms with Crippen molar-refractivity contribution in [2.24, 2.45) is 0 Å². The van der Waals surface area contributed by atoms with Crippen molar-refractivity contribution >= 4 is 10.9 Å². The van der Waals surface area contributed by atoms with Crippen molar-refractivity contribution < 1.29 is 4.74 Å². The maximum atomic E-state index is 11.9. The van der Waals surface area contributed by atoms with Crippen LogP contribution in [0.2, 0.25) is 0 Å². The normalized spacial score (nSPS) is 16.0. The summed E-state index contributed by atoms with van der Waals surface area (Å²) < 4.78 is 5.35. The van der Waals surface area contributed by atoms with Gasteiger partial charge in [0.05, 0.1) is 13.2 Å². The number of hydrogen-bond acceptors (Lipinski definition) is 4. The van der Waals surface area contributed by atoms with Gasteiger partial charge in [0.15, 0.2) is 0 Å². The number of fused-ring (bicyclic) bond motifs is 1. The number of pyridine rings is 1. The maximum Gasteiger partial charge on any atom is 0.251 e. The molecule has 0 atom stereocenters. The lowest BCUT2D eigenvalue weighted by molar-refractivity contribution is 0.0384. The minimum Gasteiger partial charge on any atom is -0.379 e. The zero-order valence-electron chi connectivity index (χ0n) is 13.7. The van der Waals surface area contributed by atoms with E-state index in [-0.39, 0.29) is 5.56 Å². The molecule has 23 heavy (non-hydrogen) atoms. The Morgan fingerprint density at radius 3 is 2.87 bits per heavy atom. The fourth-order valence-corrected chi connectivity index (χ4v) is 2.96. The Bertz CT molecular complexity index is 705. The molecular formula is C18H25N3O2. The molecule has 5 nitrogen and oxygen atoms in total. The van der Waals surface area contributed by atoms with Gasteiger partial charge in [-0.05, 0) is 29.5 Å². The molecule has 124 valence electrons. The summed E-state index contributed by atoms with van der Waals surface area (Å²) >= 11 is 0. The number of benzene rings is 1. The van der Waals surface area contributed by atoms with E-state index in [0.29, 0.717) is 0 Å². The highest BCUT2D eigenvalue weighted by atomic mass is 16.5. The Kier molecular flexibility index (Phi) is 5.43. The average Bonchev–Trinajstić information content (AvgIpc) is 2.59. The first-order valence-electron chi connectivity index (χ1n) is 8.42. The van der Waals surface area contributed by atoms with Crippen LogP contribution >= 0.6 is 0 Å². The van der Waals surface area contributed by atoms with Crippen molar-refractivity contribution in [3.8, 4) is 0 Å². The summed E-state index contributed by atoms with van der Waals surface area (Å²) in [5.74, 6) is 0. The molecule has 2 heterocycles. The van der Waals surface area contributed by atoms with Crippen LogP contribution in [-0.4, -0.2) is 49.3 Å². The number of morpholine rings is 1. The van der Waals surface area contributed by atoms with Gasteiger partial charge in [-0.3, -0.25) is 9.69 Å². The Balaban J connectivity index is 1.56. The van der Waals surface area contributed by atoms with E-state index in [2.05, 4.69) is 33.4 Å². The van der Waals surface area contributed by atoms with Gasteiger partial charge in [0.25, 0.3) is 5.56 Å². The molecule has 1 aliphatic heterocycles. The van der Waals surface area contributed by atoms with Crippen molar-refractivity contribution in [1.82, 2.24) is 15.2 Å². The largest absolute Gasteiger partial charge is 0.379 e. The van der Waals surface area contributed by atoms with Gasteiger partial charge in [-0.2, -0.15) is 0 Å². The molecule has 2 aromatic rings. The van der Waals surface area contributed by atoms with Crippen molar-refractivity contribution in [2.45, 2.75) is 19.9 Å². The van der Waals surface area contributed by atoms with Crippen molar-refractivity contribution in [3.63, 3.8) is 0 Å². The third-order valence-corrected chi connectivity index (χ3v) is 4.41. The summed E-state index contributed by atoms with van der Waals surface area (Å²) in [7, 11) is 0. The van der Waals surface area contributed by atoms with Gasteiger partial charge in [0.1, 0.15) is 0 Å². The quantitative estimate of drug-likeness (QED) is 0.794. The number of hydrogen-bond donors (Lipinski definition) is 2. The average molecular weight is 315 g/mol. The lowest BCUT2D eigenvalue weighted by atomic mass is 10.1. The van der Waals surface area contributed by atoms with Crippen LogP contribution in [-0.2, 0) is 17.7 Å². The molecule has 1 aliphatic rings. The van der Waals surface area contributed by atoms with Gasteiger partial charge in [0, 0.05) is 43.8 Å². The summed E-state index contributed by atoms with van der Waals surface area (Å²) in [4.78, 5) is 17.3. The Hall–Kier alpha value is -1.69. The molecular weight excluding hydrogens is 290 g/mol. The van der Waals surface area contributed by atoms with E-state index in [1.165, 1.54) is 5.56 Å². The van der Waals surface area contributed by atoms with Crippen molar-refractivity contribution in [3.05, 3.63) is 45.7 Å². The molecule has 3 rings (SSSR count). The van der Waals surface area contributed by atoms with Crippen molar-refractivity contribution in [2.75, 3.05) is 39.4 Å².